The van der Waals surface area contributed by atoms with Gasteiger partial charge in [-0.3, -0.25) is 0 Å². The molecule has 2 aliphatic rings. The van der Waals surface area contributed by atoms with Gasteiger partial charge in [-0.2, -0.15) is 0 Å². The van der Waals surface area contributed by atoms with E-state index in [9.17, 15) is 0 Å². The largest absolute Gasteiger partial charge is 0.401 e. The summed E-state index contributed by atoms with van der Waals surface area (Å²) in [6.45, 7) is 7.71. The van der Waals surface area contributed by atoms with Gasteiger partial charge < -0.3 is 10.6 Å². The first-order chi connectivity index (χ1) is 11.4. The summed E-state index contributed by atoms with van der Waals surface area (Å²) in [7, 11) is 2.09. The Hall–Kier alpha value is -1.56. The lowest BCUT2D eigenvalue weighted by molar-refractivity contribution is 0.371. The van der Waals surface area contributed by atoms with E-state index in [2.05, 4.69) is 42.7 Å². The normalized spacial score (nSPS) is 18.8. The number of allylic oxidation sites excluding steroid dienone is 2. The molecular formula is C18H27N5S. The maximum Gasteiger partial charge on any atom is 0.158 e. The molecule has 0 atom stereocenters. The SMILES string of the molecule is CCCCCN(C)c1ncnc2c1N=C1CC(C)(C)CC(N)=C1S2. The molecular weight excluding hydrogens is 318 g/mol. The Labute approximate surface area is 148 Å². The van der Waals surface area contributed by atoms with Gasteiger partial charge in [0.2, 0.25) is 0 Å². The second kappa shape index (κ2) is 6.75. The topological polar surface area (TPSA) is 67.4 Å². The highest BCUT2D eigenvalue weighted by atomic mass is 32.2. The number of fused-ring (bicyclic) bond motifs is 2. The molecule has 1 aliphatic carbocycles. The number of nitrogens with two attached hydrogens (primary N) is 1. The van der Waals surface area contributed by atoms with E-state index in [1.54, 1.807) is 18.1 Å². The first-order valence-electron chi connectivity index (χ1n) is 8.72. The summed E-state index contributed by atoms with van der Waals surface area (Å²) in [6, 6.07) is 0. The number of anilines is 1. The van der Waals surface area contributed by atoms with Crippen molar-refractivity contribution in [2.45, 2.75) is 57.9 Å². The van der Waals surface area contributed by atoms with Crippen LogP contribution in [-0.2, 0) is 0 Å². The van der Waals surface area contributed by atoms with Gasteiger partial charge in [0.15, 0.2) is 5.82 Å². The molecule has 24 heavy (non-hydrogen) atoms. The summed E-state index contributed by atoms with van der Waals surface area (Å²) in [6.07, 6.45) is 7.12. The van der Waals surface area contributed by atoms with Gasteiger partial charge in [-0.1, -0.05) is 45.4 Å². The standard InChI is InChI=1S/C18H27N5S/c1-5-6-7-8-23(4)16-14-17(21-11-20-16)24-15-12(19)9-18(2,3)10-13(15)22-14/h11H,5-10,19H2,1-4H3. The van der Waals surface area contributed by atoms with Crippen LogP contribution in [0.2, 0.25) is 0 Å². The second-order valence-corrected chi connectivity index (χ2v) is 8.51. The van der Waals surface area contributed by atoms with Crippen LogP contribution in [0.5, 0.6) is 0 Å². The molecule has 1 aromatic heterocycles. The van der Waals surface area contributed by atoms with Gasteiger partial charge in [0.1, 0.15) is 17.0 Å². The summed E-state index contributed by atoms with van der Waals surface area (Å²) in [5.74, 6) is 0.928. The Balaban J connectivity index is 1.95. The molecule has 1 aromatic rings. The van der Waals surface area contributed by atoms with Gasteiger partial charge in [-0.05, 0) is 24.7 Å². The van der Waals surface area contributed by atoms with Crippen molar-refractivity contribution in [2.75, 3.05) is 18.5 Å². The maximum atomic E-state index is 6.33. The van der Waals surface area contributed by atoms with Crippen LogP contribution < -0.4 is 10.6 Å². The van der Waals surface area contributed by atoms with Crippen molar-refractivity contribution in [3.05, 3.63) is 16.9 Å². The monoisotopic (exact) mass is 345 g/mol. The third kappa shape index (κ3) is 3.43. The zero-order chi connectivity index (χ0) is 17.3. The van der Waals surface area contributed by atoms with Crippen molar-refractivity contribution in [1.82, 2.24) is 9.97 Å². The van der Waals surface area contributed by atoms with Crippen LogP contribution in [0.15, 0.2) is 26.9 Å². The van der Waals surface area contributed by atoms with Crippen LogP contribution in [0.25, 0.3) is 0 Å². The smallest absolute Gasteiger partial charge is 0.158 e. The van der Waals surface area contributed by atoms with Gasteiger partial charge >= 0.3 is 0 Å². The molecule has 0 unspecified atom stereocenters. The summed E-state index contributed by atoms with van der Waals surface area (Å²) >= 11 is 1.66. The van der Waals surface area contributed by atoms with Gasteiger partial charge in [-0.25, -0.2) is 15.0 Å². The summed E-state index contributed by atoms with van der Waals surface area (Å²) in [4.78, 5) is 17.2. The zero-order valence-corrected chi connectivity index (χ0v) is 15.9. The molecule has 0 amide bonds. The quantitative estimate of drug-likeness (QED) is 0.637. The molecule has 0 radical (unpaired) electrons. The number of aromatic nitrogens is 2. The maximum absolute atomic E-state index is 6.33. The van der Waals surface area contributed by atoms with E-state index in [0.29, 0.717) is 0 Å². The van der Waals surface area contributed by atoms with Crippen molar-refractivity contribution in [3.8, 4) is 0 Å². The van der Waals surface area contributed by atoms with Crippen LogP contribution in [0.4, 0.5) is 11.5 Å². The van der Waals surface area contributed by atoms with Crippen LogP contribution in [0, 0.1) is 5.41 Å². The fourth-order valence-electron chi connectivity index (χ4n) is 3.33. The van der Waals surface area contributed by atoms with Crippen molar-refractivity contribution < 1.29 is 0 Å². The minimum absolute atomic E-state index is 0.160. The lowest BCUT2D eigenvalue weighted by Gasteiger charge is -2.34. The first kappa shape index (κ1) is 17.3. The van der Waals surface area contributed by atoms with E-state index in [-0.39, 0.29) is 5.41 Å². The fourth-order valence-corrected chi connectivity index (χ4v) is 4.30. The Bertz CT molecular complexity index is 693. The fraction of sp³-hybridized carbons (Fsp3) is 0.611. The average molecular weight is 346 g/mol. The lowest BCUT2D eigenvalue weighted by Crippen LogP contribution is -2.29. The molecule has 2 heterocycles. The predicted octanol–water partition coefficient (Wildman–Crippen LogP) is 4.27. The third-order valence-electron chi connectivity index (χ3n) is 4.54. The highest BCUT2D eigenvalue weighted by Crippen LogP contribution is 2.49. The van der Waals surface area contributed by atoms with E-state index >= 15 is 0 Å². The number of hydrogen-bond donors (Lipinski definition) is 1. The number of unbranched alkanes of at least 4 members (excludes halogenated alkanes) is 2. The molecule has 0 fully saturated rings. The molecule has 2 N–H and O–H groups in total. The third-order valence-corrected chi connectivity index (χ3v) is 5.74. The van der Waals surface area contributed by atoms with Crippen LogP contribution in [0.3, 0.4) is 0 Å². The van der Waals surface area contributed by atoms with Gasteiger partial charge in [-0.15, -0.1) is 0 Å². The number of rotatable bonds is 5. The molecule has 0 bridgehead atoms. The number of thioether (sulfide) groups is 1. The number of hydrogen-bond acceptors (Lipinski definition) is 6. The Morgan fingerprint density at radius 3 is 2.79 bits per heavy atom. The van der Waals surface area contributed by atoms with E-state index < -0.39 is 0 Å². The molecule has 0 saturated heterocycles. The highest BCUT2D eigenvalue weighted by Gasteiger charge is 2.34. The van der Waals surface area contributed by atoms with Crippen LogP contribution in [0.1, 0.15) is 52.9 Å². The number of nitrogens with zero attached hydrogens (tertiary/aromatic N) is 4. The second-order valence-electron chi connectivity index (χ2n) is 7.51. The zero-order valence-electron chi connectivity index (χ0n) is 15.1. The molecule has 5 nitrogen and oxygen atoms in total. The van der Waals surface area contributed by atoms with Crippen LogP contribution in [-0.4, -0.2) is 29.3 Å². The highest BCUT2D eigenvalue weighted by molar-refractivity contribution is 8.04. The van der Waals surface area contributed by atoms with E-state index in [1.807, 2.05) is 0 Å². The van der Waals surface area contributed by atoms with Crippen molar-refractivity contribution in [1.29, 1.82) is 0 Å². The summed E-state index contributed by atoms with van der Waals surface area (Å²) < 4.78 is 0. The molecule has 6 heteroatoms. The Morgan fingerprint density at radius 1 is 1.25 bits per heavy atom. The average Bonchev–Trinajstić information content (AvgIpc) is 2.52. The minimum Gasteiger partial charge on any atom is -0.401 e. The van der Waals surface area contributed by atoms with E-state index in [0.717, 1.165) is 52.2 Å². The van der Waals surface area contributed by atoms with Crippen molar-refractivity contribution >= 4 is 29.0 Å². The van der Waals surface area contributed by atoms with Crippen molar-refractivity contribution in [2.24, 2.45) is 16.1 Å². The van der Waals surface area contributed by atoms with E-state index in [4.69, 9.17) is 10.7 Å². The lowest BCUT2D eigenvalue weighted by atomic mass is 9.78. The molecule has 3 rings (SSSR count). The Morgan fingerprint density at radius 2 is 2.04 bits per heavy atom. The van der Waals surface area contributed by atoms with Crippen LogP contribution >= 0.6 is 11.8 Å². The first-order valence-corrected chi connectivity index (χ1v) is 9.53. The summed E-state index contributed by atoms with van der Waals surface area (Å²) in [5.41, 5.74) is 9.43. The molecule has 0 aromatic carbocycles. The van der Waals surface area contributed by atoms with E-state index in [1.165, 1.54) is 19.3 Å². The number of aliphatic imine (C=N–C) groups is 1. The van der Waals surface area contributed by atoms with Gasteiger partial charge in [0.25, 0.3) is 0 Å². The van der Waals surface area contributed by atoms with Crippen molar-refractivity contribution in [3.63, 3.8) is 0 Å². The Kier molecular flexibility index (Phi) is 4.85. The summed E-state index contributed by atoms with van der Waals surface area (Å²) in [5, 5.41) is 0.920. The molecule has 1 aliphatic heterocycles. The molecule has 0 spiro atoms. The predicted molar refractivity (Wildman–Crippen MR) is 102 cm³/mol. The molecule has 0 saturated carbocycles. The van der Waals surface area contributed by atoms with Gasteiger partial charge in [0.05, 0.1) is 10.6 Å². The molecule has 130 valence electrons. The van der Waals surface area contributed by atoms with Gasteiger partial charge in [0, 0.05) is 19.3 Å². The minimum atomic E-state index is 0.160.